The van der Waals surface area contributed by atoms with Crippen LogP contribution in [0.15, 0.2) is 65.3 Å². The van der Waals surface area contributed by atoms with E-state index in [1.165, 1.54) is 32.3 Å². The third kappa shape index (κ3) is 8.84. The molecular weight excluding hydrogens is 471 g/mol. The predicted octanol–water partition coefficient (Wildman–Crippen LogP) is 6.03. The van der Waals surface area contributed by atoms with Crippen LogP contribution in [0.1, 0.15) is 38.2 Å². The number of pyridine rings is 1. The van der Waals surface area contributed by atoms with Crippen molar-refractivity contribution in [3.63, 3.8) is 0 Å². The van der Waals surface area contributed by atoms with Gasteiger partial charge in [0.15, 0.2) is 0 Å². The van der Waals surface area contributed by atoms with Crippen LogP contribution in [0.5, 0.6) is 11.5 Å². The Morgan fingerprint density at radius 2 is 1.92 bits per heavy atom. The van der Waals surface area contributed by atoms with E-state index in [9.17, 15) is 18.0 Å². The molecule has 196 valence electrons. The molecule has 0 saturated carbocycles. The van der Waals surface area contributed by atoms with Gasteiger partial charge in [-0.2, -0.15) is 13.2 Å². The molecule has 1 heterocycles. The molecule has 10 heteroatoms. The first-order valence-electron chi connectivity index (χ1n) is 11.4. The summed E-state index contributed by atoms with van der Waals surface area (Å²) in [5.41, 5.74) is 0.669. The van der Waals surface area contributed by atoms with E-state index in [2.05, 4.69) is 27.3 Å². The Kier molecular flexibility index (Phi) is 12.4. The number of nitrogens with zero attached hydrogens (tertiary/aromatic N) is 3. The number of aromatic nitrogens is 1. The van der Waals surface area contributed by atoms with Gasteiger partial charge >= 0.3 is 6.18 Å². The largest absolute Gasteiger partial charge is 0.457 e. The molecule has 1 aromatic carbocycles. The summed E-state index contributed by atoms with van der Waals surface area (Å²) in [6.45, 7) is 10.8. The van der Waals surface area contributed by atoms with Gasteiger partial charge in [0, 0.05) is 44.0 Å². The number of hydrogen-bond donors (Lipinski definition) is 2. The summed E-state index contributed by atoms with van der Waals surface area (Å²) in [5, 5.41) is 5.38. The van der Waals surface area contributed by atoms with Crippen molar-refractivity contribution in [3.05, 3.63) is 66.0 Å². The van der Waals surface area contributed by atoms with Crippen molar-refractivity contribution in [2.24, 2.45) is 4.99 Å². The van der Waals surface area contributed by atoms with E-state index in [1.54, 1.807) is 49.2 Å². The number of aliphatic imine (C=N–C) groups is 1. The van der Waals surface area contributed by atoms with Gasteiger partial charge in [-0.05, 0) is 38.8 Å². The van der Waals surface area contributed by atoms with Crippen LogP contribution in [0.25, 0.3) is 0 Å². The lowest BCUT2D eigenvalue weighted by Gasteiger charge is -2.26. The molecule has 7 nitrogen and oxygen atoms in total. The van der Waals surface area contributed by atoms with Crippen molar-refractivity contribution < 1.29 is 22.7 Å². The third-order valence-corrected chi connectivity index (χ3v) is 4.85. The first kappa shape index (κ1) is 30.4. The molecular formula is C26H34F3N5O2. The minimum absolute atomic E-state index is 0.132. The highest BCUT2D eigenvalue weighted by Crippen LogP contribution is 2.34. The van der Waals surface area contributed by atoms with E-state index in [1.807, 2.05) is 13.8 Å². The van der Waals surface area contributed by atoms with Crippen LogP contribution in [0.3, 0.4) is 0 Å². The van der Waals surface area contributed by atoms with E-state index in [4.69, 9.17) is 4.74 Å². The second kappa shape index (κ2) is 14.7. The van der Waals surface area contributed by atoms with Gasteiger partial charge in [0.05, 0.1) is 18.0 Å². The van der Waals surface area contributed by atoms with Crippen molar-refractivity contribution in [3.8, 4) is 11.5 Å². The number of rotatable bonds is 10. The molecule has 0 bridgehead atoms. The molecule has 36 heavy (non-hydrogen) atoms. The fourth-order valence-electron chi connectivity index (χ4n) is 3.03. The van der Waals surface area contributed by atoms with Gasteiger partial charge in [-0.3, -0.25) is 20.1 Å². The number of carbonyl (C=O) groups excluding carboxylic acids is 1. The molecule has 1 atom stereocenters. The summed E-state index contributed by atoms with van der Waals surface area (Å²) in [4.78, 5) is 21.5. The van der Waals surface area contributed by atoms with Gasteiger partial charge < -0.3 is 15.0 Å². The number of carbonyl (C=O) groups is 1. The smallest absolute Gasteiger partial charge is 0.414 e. The second-order valence-electron chi connectivity index (χ2n) is 7.29. The zero-order chi connectivity index (χ0) is 27.3. The lowest BCUT2D eigenvalue weighted by atomic mass is 10.1. The predicted molar refractivity (Wildman–Crippen MR) is 140 cm³/mol. The lowest BCUT2D eigenvalue weighted by Crippen LogP contribution is -2.40. The molecule has 0 spiro atoms. The fraction of sp³-hybridized carbons (Fsp3) is 0.346. The van der Waals surface area contributed by atoms with E-state index in [0.29, 0.717) is 22.9 Å². The number of ether oxygens (including phenoxy) is 1. The van der Waals surface area contributed by atoms with Crippen molar-refractivity contribution in [1.82, 2.24) is 15.6 Å². The number of nitrogens with one attached hydrogen (secondary N) is 2. The van der Waals surface area contributed by atoms with E-state index in [0.717, 1.165) is 6.08 Å². The summed E-state index contributed by atoms with van der Waals surface area (Å²) < 4.78 is 45.9. The molecule has 1 aromatic heterocycles. The van der Waals surface area contributed by atoms with E-state index < -0.39 is 17.8 Å². The quantitative estimate of drug-likeness (QED) is 0.234. The molecule has 0 aliphatic carbocycles. The maximum absolute atomic E-state index is 13.4. The highest BCUT2D eigenvalue weighted by molar-refractivity contribution is 5.92. The maximum Gasteiger partial charge on any atom is 0.414 e. The maximum atomic E-state index is 13.4. The summed E-state index contributed by atoms with van der Waals surface area (Å²) in [6, 6.07) is 7.25. The third-order valence-electron chi connectivity index (χ3n) is 4.85. The van der Waals surface area contributed by atoms with Crippen LogP contribution in [0.4, 0.5) is 24.5 Å². The number of alkyl halides is 3. The van der Waals surface area contributed by atoms with Crippen LogP contribution in [0.2, 0.25) is 0 Å². The van der Waals surface area contributed by atoms with Gasteiger partial charge in [0.25, 0.3) is 5.91 Å². The molecule has 2 aromatic rings. The molecule has 0 aliphatic rings. The minimum Gasteiger partial charge on any atom is -0.457 e. The molecule has 0 fully saturated rings. The van der Waals surface area contributed by atoms with Crippen molar-refractivity contribution in [2.45, 2.75) is 39.9 Å². The number of anilines is 1. The normalized spacial score (nSPS) is 12.4. The Labute approximate surface area is 210 Å². The van der Waals surface area contributed by atoms with Gasteiger partial charge in [0.2, 0.25) is 0 Å². The van der Waals surface area contributed by atoms with E-state index >= 15 is 0 Å². The number of benzene rings is 1. The molecule has 0 saturated heterocycles. The molecule has 2 N–H and O–H groups in total. The number of hydrogen-bond acceptors (Lipinski definition) is 6. The zero-order valence-electron chi connectivity index (χ0n) is 21.5. The number of allylic oxidation sites excluding steroid dienone is 3. The van der Waals surface area contributed by atoms with E-state index in [-0.39, 0.29) is 18.3 Å². The summed E-state index contributed by atoms with van der Waals surface area (Å²) in [6.07, 6.45) is 0.990. The molecule has 1 unspecified atom stereocenters. The van der Waals surface area contributed by atoms with Crippen LogP contribution < -0.4 is 20.3 Å². The number of halogens is 3. The topological polar surface area (TPSA) is 78.9 Å². The van der Waals surface area contributed by atoms with Crippen LogP contribution >= 0.6 is 0 Å². The first-order valence-corrected chi connectivity index (χ1v) is 11.4. The summed E-state index contributed by atoms with van der Waals surface area (Å²) >= 11 is 0. The first-order chi connectivity index (χ1) is 17.1. The van der Waals surface area contributed by atoms with Crippen molar-refractivity contribution in [2.75, 3.05) is 25.7 Å². The van der Waals surface area contributed by atoms with Gasteiger partial charge in [-0.15, -0.1) is 0 Å². The van der Waals surface area contributed by atoms with Crippen LogP contribution in [-0.4, -0.2) is 50.6 Å². The molecule has 1 amide bonds. The minimum atomic E-state index is -4.44. The van der Waals surface area contributed by atoms with Crippen molar-refractivity contribution in [1.29, 1.82) is 0 Å². The number of amides is 1. The fourth-order valence-corrected chi connectivity index (χ4v) is 3.03. The van der Waals surface area contributed by atoms with Crippen molar-refractivity contribution >= 4 is 24.0 Å². The summed E-state index contributed by atoms with van der Waals surface area (Å²) in [5.74, 6) is 0.517. The molecule has 2 rings (SSSR count). The molecule has 0 aliphatic heterocycles. The molecule has 0 radical (unpaired) electrons. The second-order valence-corrected chi connectivity index (χ2v) is 7.29. The van der Waals surface area contributed by atoms with Gasteiger partial charge in [-0.1, -0.05) is 32.1 Å². The highest BCUT2D eigenvalue weighted by atomic mass is 19.4. The van der Waals surface area contributed by atoms with Crippen LogP contribution in [-0.2, 0) is 0 Å². The Morgan fingerprint density at radius 3 is 2.50 bits per heavy atom. The highest BCUT2D eigenvalue weighted by Gasteiger charge is 2.36. The average Bonchev–Trinajstić information content (AvgIpc) is 2.87. The zero-order valence-corrected chi connectivity index (χ0v) is 21.5. The SMILES string of the molecule is C=Nc1cc(Oc2ccnc(C(=O)NC)c2)ccc1N(C)CNC(C)/C(=C\C=C/C)C(F)(F)F.CC. The van der Waals surface area contributed by atoms with Crippen LogP contribution in [0, 0.1) is 0 Å². The van der Waals surface area contributed by atoms with Gasteiger partial charge in [0.1, 0.15) is 17.2 Å². The lowest BCUT2D eigenvalue weighted by molar-refractivity contribution is -0.0960. The monoisotopic (exact) mass is 505 g/mol. The Balaban J connectivity index is 0.00000316. The Morgan fingerprint density at radius 1 is 1.25 bits per heavy atom. The average molecular weight is 506 g/mol. The Bertz CT molecular complexity index is 1070. The van der Waals surface area contributed by atoms with Gasteiger partial charge in [-0.25, -0.2) is 0 Å². The summed E-state index contributed by atoms with van der Waals surface area (Å²) in [7, 11) is 3.23. The Hall–Kier alpha value is -3.66. The standard InChI is InChI=1S/C24H28F3N5O2.C2H6/c1-6-7-8-19(24(25,26)27)16(2)31-15-32(5)22-10-9-17(13-20(22)28-3)34-18-11-12-30-21(14-18)23(33)29-4;1-2/h6-14,16,31H,3,15H2,1-2,4-5H3,(H,29,33);1-2H3/b7-6-,19-8+;.